The van der Waals surface area contributed by atoms with Crippen LogP contribution in [-0.2, 0) is 11.3 Å². The molecular weight excluding hydrogens is 394 g/mol. The lowest BCUT2D eigenvalue weighted by molar-refractivity contribution is -0.121. The van der Waals surface area contributed by atoms with Crippen molar-refractivity contribution >= 4 is 40.2 Å². The van der Waals surface area contributed by atoms with Crippen molar-refractivity contribution in [1.29, 1.82) is 0 Å². The Morgan fingerprint density at radius 1 is 1.39 bits per heavy atom. The molecule has 0 aliphatic heterocycles. The molecule has 7 heteroatoms. The molecule has 28 heavy (non-hydrogen) atoms. The monoisotopic (exact) mass is 421 g/mol. The number of halogens is 1. The molecule has 3 rings (SSSR count). The molecule has 1 heterocycles. The lowest BCUT2D eigenvalue weighted by Gasteiger charge is -2.30. The van der Waals surface area contributed by atoms with Gasteiger partial charge in [-0.2, -0.15) is 0 Å². The van der Waals surface area contributed by atoms with E-state index in [1.807, 2.05) is 13.8 Å². The van der Waals surface area contributed by atoms with Crippen LogP contribution in [0, 0.1) is 5.92 Å². The number of rotatable bonds is 6. The summed E-state index contributed by atoms with van der Waals surface area (Å²) in [5, 5.41) is 4.54. The van der Waals surface area contributed by atoms with Gasteiger partial charge < -0.3 is 5.32 Å². The molecule has 2 aromatic rings. The minimum absolute atomic E-state index is 0.00670. The minimum atomic E-state index is -0.333. The van der Waals surface area contributed by atoms with Crippen molar-refractivity contribution in [3.05, 3.63) is 33.6 Å². The van der Waals surface area contributed by atoms with Crippen molar-refractivity contribution in [1.82, 2.24) is 14.9 Å². The molecular formula is C21H28ClN3O2S. The molecule has 1 amide bonds. The van der Waals surface area contributed by atoms with Gasteiger partial charge >= 0.3 is 0 Å². The summed E-state index contributed by atoms with van der Waals surface area (Å²) >= 11 is 7.42. The third-order valence-electron chi connectivity index (χ3n) is 5.42. The van der Waals surface area contributed by atoms with Gasteiger partial charge in [0.1, 0.15) is 0 Å². The van der Waals surface area contributed by atoms with Crippen LogP contribution in [-0.4, -0.2) is 26.8 Å². The smallest absolute Gasteiger partial charge is 0.262 e. The fourth-order valence-corrected chi connectivity index (χ4v) is 4.84. The van der Waals surface area contributed by atoms with Gasteiger partial charge in [0.2, 0.25) is 5.91 Å². The molecule has 1 saturated carbocycles. The zero-order valence-electron chi connectivity index (χ0n) is 16.7. The number of hydrogen-bond donors (Lipinski definition) is 1. The molecule has 5 nitrogen and oxygen atoms in total. The Morgan fingerprint density at radius 3 is 2.86 bits per heavy atom. The zero-order valence-corrected chi connectivity index (χ0v) is 18.3. The first-order valence-electron chi connectivity index (χ1n) is 10.1. The zero-order chi connectivity index (χ0) is 20.3. The van der Waals surface area contributed by atoms with Crippen molar-refractivity contribution < 1.29 is 4.79 Å². The Labute approximate surface area is 175 Å². The molecule has 0 saturated heterocycles. The predicted octanol–water partition coefficient (Wildman–Crippen LogP) is 4.64. The van der Waals surface area contributed by atoms with E-state index in [-0.39, 0.29) is 22.8 Å². The van der Waals surface area contributed by atoms with E-state index >= 15 is 0 Å². The van der Waals surface area contributed by atoms with Crippen LogP contribution in [0.2, 0.25) is 5.02 Å². The number of aromatic nitrogens is 2. The average molecular weight is 422 g/mol. The summed E-state index contributed by atoms with van der Waals surface area (Å²) < 4.78 is 1.67. The second-order valence-electron chi connectivity index (χ2n) is 7.65. The number of hydrogen-bond acceptors (Lipinski definition) is 4. The van der Waals surface area contributed by atoms with Crippen LogP contribution in [0.25, 0.3) is 10.9 Å². The van der Waals surface area contributed by atoms with E-state index in [1.165, 1.54) is 24.6 Å². The maximum Gasteiger partial charge on any atom is 0.262 e. The largest absolute Gasteiger partial charge is 0.352 e. The van der Waals surface area contributed by atoms with Crippen LogP contribution >= 0.6 is 23.4 Å². The van der Waals surface area contributed by atoms with Gasteiger partial charge in [0, 0.05) is 17.6 Å². The van der Waals surface area contributed by atoms with Gasteiger partial charge in [-0.05, 0) is 50.3 Å². The van der Waals surface area contributed by atoms with E-state index in [2.05, 4.69) is 17.2 Å². The first-order valence-corrected chi connectivity index (χ1v) is 11.3. The molecule has 0 radical (unpaired) electrons. The summed E-state index contributed by atoms with van der Waals surface area (Å²) in [5.74, 6) is 0.515. The molecule has 1 aromatic carbocycles. The van der Waals surface area contributed by atoms with E-state index in [9.17, 15) is 9.59 Å². The summed E-state index contributed by atoms with van der Waals surface area (Å²) in [6.45, 7) is 6.67. The van der Waals surface area contributed by atoms with Gasteiger partial charge in [-0.3, -0.25) is 14.2 Å². The minimum Gasteiger partial charge on any atom is -0.352 e. The van der Waals surface area contributed by atoms with Crippen molar-refractivity contribution in [3.8, 4) is 0 Å². The number of carbonyl (C=O) groups excluding carboxylic acids is 1. The Bertz CT molecular complexity index is 914. The first-order chi connectivity index (χ1) is 13.4. The highest BCUT2D eigenvalue weighted by molar-refractivity contribution is 8.00. The molecule has 0 unspecified atom stereocenters. The Hall–Kier alpha value is -1.53. The SMILES string of the molecule is CCCn1c(S[C@H](C)C(=O)N[C@@H]2CCCC[C@@H]2C)nc2cc(Cl)ccc2c1=O. The van der Waals surface area contributed by atoms with Crippen LogP contribution in [0.5, 0.6) is 0 Å². The number of nitrogens with one attached hydrogen (secondary N) is 1. The molecule has 1 aliphatic rings. The quantitative estimate of drug-likeness (QED) is 0.545. The number of carbonyl (C=O) groups is 1. The standard InChI is InChI=1S/C21H28ClN3O2S/c1-4-11-25-20(27)16-10-9-15(22)12-18(16)24-21(25)28-14(3)19(26)23-17-8-6-5-7-13(17)2/h9-10,12-14,17H,4-8,11H2,1-3H3,(H,23,26)/t13-,14+,17+/m0/s1. The Morgan fingerprint density at radius 2 is 2.14 bits per heavy atom. The van der Waals surface area contributed by atoms with Crippen molar-refractivity contribution in [2.45, 2.75) is 75.9 Å². The maximum absolute atomic E-state index is 12.9. The summed E-state index contributed by atoms with van der Waals surface area (Å²) in [5.41, 5.74) is 0.486. The molecule has 0 bridgehead atoms. The topological polar surface area (TPSA) is 64.0 Å². The van der Waals surface area contributed by atoms with Crippen LogP contribution in [0.15, 0.2) is 28.2 Å². The number of benzene rings is 1. The van der Waals surface area contributed by atoms with Gasteiger partial charge in [0.05, 0.1) is 16.2 Å². The van der Waals surface area contributed by atoms with Gasteiger partial charge in [-0.15, -0.1) is 0 Å². The van der Waals surface area contributed by atoms with Gasteiger partial charge in [-0.1, -0.05) is 50.1 Å². The highest BCUT2D eigenvalue weighted by Crippen LogP contribution is 2.27. The van der Waals surface area contributed by atoms with Gasteiger partial charge in [-0.25, -0.2) is 4.98 Å². The van der Waals surface area contributed by atoms with E-state index in [0.29, 0.717) is 33.5 Å². The molecule has 1 aliphatic carbocycles. The third kappa shape index (κ3) is 4.71. The van der Waals surface area contributed by atoms with Crippen LogP contribution in [0.4, 0.5) is 0 Å². The highest BCUT2D eigenvalue weighted by Gasteiger charge is 2.26. The van der Waals surface area contributed by atoms with Crippen molar-refractivity contribution in [3.63, 3.8) is 0 Å². The Kier molecular flexibility index (Phi) is 7.05. The molecule has 1 N–H and O–H groups in total. The maximum atomic E-state index is 12.9. The molecule has 1 aromatic heterocycles. The number of fused-ring (bicyclic) bond motifs is 1. The van der Waals surface area contributed by atoms with E-state index in [4.69, 9.17) is 11.6 Å². The van der Waals surface area contributed by atoms with Gasteiger partial charge in [0.25, 0.3) is 5.56 Å². The molecule has 152 valence electrons. The molecule has 3 atom stereocenters. The number of nitrogens with zero attached hydrogens (tertiary/aromatic N) is 2. The second kappa shape index (κ2) is 9.31. The summed E-state index contributed by atoms with van der Waals surface area (Å²) in [7, 11) is 0. The fraction of sp³-hybridized carbons (Fsp3) is 0.571. The van der Waals surface area contributed by atoms with Crippen LogP contribution in [0.3, 0.4) is 0 Å². The average Bonchev–Trinajstić information content (AvgIpc) is 2.66. The van der Waals surface area contributed by atoms with Crippen LogP contribution in [0.1, 0.15) is 52.9 Å². The summed E-state index contributed by atoms with van der Waals surface area (Å²) in [6, 6.07) is 5.36. The predicted molar refractivity (Wildman–Crippen MR) is 116 cm³/mol. The lowest BCUT2D eigenvalue weighted by atomic mass is 9.86. The summed E-state index contributed by atoms with van der Waals surface area (Å²) in [4.78, 5) is 30.4. The van der Waals surface area contributed by atoms with E-state index in [0.717, 1.165) is 19.3 Å². The fourth-order valence-electron chi connectivity index (χ4n) is 3.73. The molecule has 1 fully saturated rings. The first kappa shape index (κ1) is 21.2. The van der Waals surface area contributed by atoms with E-state index < -0.39 is 0 Å². The third-order valence-corrected chi connectivity index (χ3v) is 6.75. The number of thioether (sulfide) groups is 1. The van der Waals surface area contributed by atoms with Crippen molar-refractivity contribution in [2.75, 3.05) is 0 Å². The van der Waals surface area contributed by atoms with Crippen LogP contribution < -0.4 is 10.9 Å². The van der Waals surface area contributed by atoms with E-state index in [1.54, 1.807) is 22.8 Å². The molecule has 0 spiro atoms. The van der Waals surface area contributed by atoms with Crippen molar-refractivity contribution in [2.24, 2.45) is 5.92 Å². The second-order valence-corrected chi connectivity index (χ2v) is 9.39. The highest BCUT2D eigenvalue weighted by atomic mass is 35.5. The summed E-state index contributed by atoms with van der Waals surface area (Å²) in [6.07, 6.45) is 5.42. The number of amides is 1. The van der Waals surface area contributed by atoms with Gasteiger partial charge in [0.15, 0.2) is 5.16 Å². The normalized spacial score (nSPS) is 20.9. The Balaban J connectivity index is 1.84. The lowest BCUT2D eigenvalue weighted by Crippen LogP contribution is -2.44.